The molecule has 0 unspecified atom stereocenters. The zero-order valence-electron chi connectivity index (χ0n) is 5.93. The summed E-state index contributed by atoms with van der Waals surface area (Å²) < 4.78 is 62.5. The van der Waals surface area contributed by atoms with Crippen LogP contribution in [0.25, 0.3) is 0 Å². The molecule has 0 rings (SSSR count). The van der Waals surface area contributed by atoms with Crippen LogP contribution in [0.15, 0.2) is 0 Å². The maximum atomic E-state index is 11.3. The first-order valence-corrected chi connectivity index (χ1v) is 4.21. The Labute approximate surface area is 95.0 Å². The molecule has 88 valence electrons. The van der Waals surface area contributed by atoms with Crippen LogP contribution in [0.3, 0.4) is 0 Å². The summed E-state index contributed by atoms with van der Waals surface area (Å²) in [4.78, 5) is -2.26. The van der Waals surface area contributed by atoms with Gasteiger partial charge in [-0.1, -0.05) is 46.4 Å². The van der Waals surface area contributed by atoms with Crippen molar-refractivity contribution in [1.82, 2.24) is 0 Å². The summed E-state index contributed by atoms with van der Waals surface area (Å²) in [5.74, 6) is 0. The SMILES string of the molecule is FC(F)(F)C(Cl)Cl.FC(F)C(F)(Cl)Cl. The molecule has 0 aromatic heterocycles. The van der Waals surface area contributed by atoms with E-state index in [1.54, 1.807) is 0 Å². The van der Waals surface area contributed by atoms with Crippen LogP contribution in [0.1, 0.15) is 0 Å². The van der Waals surface area contributed by atoms with Crippen LogP contribution in [0.4, 0.5) is 26.3 Å². The van der Waals surface area contributed by atoms with Crippen LogP contribution in [0.2, 0.25) is 0 Å². The van der Waals surface area contributed by atoms with Crippen LogP contribution in [0, 0.1) is 0 Å². The van der Waals surface area contributed by atoms with Crippen molar-refractivity contribution in [3.63, 3.8) is 0 Å². The van der Waals surface area contributed by atoms with E-state index in [1.165, 1.54) is 0 Å². The first-order valence-electron chi connectivity index (χ1n) is 2.58. The lowest BCUT2D eigenvalue weighted by atomic mass is 10.8. The van der Waals surface area contributed by atoms with Crippen molar-refractivity contribution in [3.05, 3.63) is 0 Å². The Kier molecular flexibility index (Phi) is 7.78. The van der Waals surface area contributed by atoms with Crippen molar-refractivity contribution < 1.29 is 26.3 Å². The molecule has 0 aromatic carbocycles. The van der Waals surface area contributed by atoms with Crippen molar-refractivity contribution in [2.24, 2.45) is 0 Å². The van der Waals surface area contributed by atoms with Gasteiger partial charge in [0.25, 0.3) is 6.43 Å². The van der Waals surface area contributed by atoms with E-state index in [9.17, 15) is 26.3 Å². The van der Waals surface area contributed by atoms with Gasteiger partial charge in [-0.25, -0.2) is 13.2 Å². The molecular weight excluding hydrogens is 304 g/mol. The fraction of sp³-hybridized carbons (Fsp3) is 1.00. The first-order chi connectivity index (χ1) is 5.89. The minimum atomic E-state index is -4.47. The van der Waals surface area contributed by atoms with Gasteiger partial charge in [0.15, 0.2) is 0 Å². The lowest BCUT2D eigenvalue weighted by Crippen LogP contribution is -2.16. The number of hydrogen-bond acceptors (Lipinski definition) is 0. The minimum absolute atomic E-state index is 2.26. The molecule has 0 aromatic rings. The maximum absolute atomic E-state index is 11.3. The van der Waals surface area contributed by atoms with E-state index in [1.807, 2.05) is 0 Å². The molecule has 0 N–H and O–H groups in total. The zero-order chi connectivity index (χ0) is 12.2. The van der Waals surface area contributed by atoms with E-state index < -0.39 is 22.0 Å². The zero-order valence-corrected chi connectivity index (χ0v) is 8.96. The molecule has 0 saturated carbocycles. The Bertz CT molecular complexity index is 131. The monoisotopic (exact) mass is 304 g/mol. The Balaban J connectivity index is 0. The summed E-state index contributed by atoms with van der Waals surface area (Å²) >= 11 is 17.2. The molecule has 0 atom stereocenters. The van der Waals surface area contributed by atoms with Gasteiger partial charge in [0.2, 0.25) is 4.84 Å². The second-order valence-corrected chi connectivity index (χ2v) is 4.07. The smallest absolute Gasteiger partial charge is 0.204 e. The average molecular weight is 306 g/mol. The van der Waals surface area contributed by atoms with Crippen LogP contribution in [-0.4, -0.2) is 22.0 Å². The third kappa shape index (κ3) is 10.8. The highest BCUT2D eigenvalue weighted by Gasteiger charge is 2.36. The van der Waals surface area contributed by atoms with E-state index in [0.717, 1.165) is 0 Å². The largest absolute Gasteiger partial charge is 0.418 e. The maximum Gasteiger partial charge on any atom is 0.418 e. The van der Waals surface area contributed by atoms with Gasteiger partial charge in [-0.15, -0.1) is 0 Å². The molecule has 0 nitrogen and oxygen atoms in total. The number of hydrogen-bond donors (Lipinski definition) is 0. The molecule has 0 spiro atoms. The topological polar surface area (TPSA) is 0 Å². The van der Waals surface area contributed by atoms with Crippen molar-refractivity contribution in [3.8, 4) is 0 Å². The Morgan fingerprint density at radius 1 is 0.857 bits per heavy atom. The second-order valence-electron chi connectivity index (χ2n) is 1.68. The van der Waals surface area contributed by atoms with E-state index in [0.29, 0.717) is 0 Å². The summed E-state index contributed by atoms with van der Waals surface area (Å²) in [7, 11) is 0. The summed E-state index contributed by atoms with van der Waals surface area (Å²) in [6, 6.07) is 0. The van der Waals surface area contributed by atoms with E-state index in [2.05, 4.69) is 46.4 Å². The normalized spacial score (nSPS) is 12.9. The molecule has 0 aliphatic heterocycles. The molecule has 0 saturated heterocycles. The van der Waals surface area contributed by atoms with Crippen molar-refractivity contribution >= 4 is 46.4 Å². The van der Waals surface area contributed by atoms with Crippen molar-refractivity contribution in [2.45, 2.75) is 22.0 Å². The van der Waals surface area contributed by atoms with Gasteiger partial charge in [-0.05, 0) is 0 Å². The van der Waals surface area contributed by atoms with Crippen LogP contribution in [0.5, 0.6) is 0 Å². The average Bonchev–Trinajstić information content (AvgIpc) is 1.83. The summed E-state index contributed by atoms with van der Waals surface area (Å²) in [6.45, 7) is 0. The predicted octanol–water partition coefficient (Wildman–Crippen LogP) is 4.70. The van der Waals surface area contributed by atoms with Gasteiger partial charge < -0.3 is 0 Å². The van der Waals surface area contributed by atoms with Crippen molar-refractivity contribution in [2.75, 3.05) is 0 Å². The Morgan fingerprint density at radius 3 is 1.00 bits per heavy atom. The third-order valence-corrected chi connectivity index (χ3v) is 1.32. The summed E-state index contributed by atoms with van der Waals surface area (Å²) in [6.07, 6.45) is -7.81. The quantitative estimate of drug-likeness (QED) is 0.486. The first kappa shape index (κ1) is 17.1. The molecule has 0 fully saturated rings. The van der Waals surface area contributed by atoms with Gasteiger partial charge in [0, 0.05) is 0 Å². The van der Waals surface area contributed by atoms with Crippen LogP contribution >= 0.6 is 46.4 Å². The number of alkyl halides is 10. The van der Waals surface area contributed by atoms with E-state index >= 15 is 0 Å². The van der Waals surface area contributed by atoms with Gasteiger partial charge in [-0.3, -0.25) is 0 Å². The van der Waals surface area contributed by atoms with Crippen LogP contribution < -0.4 is 0 Å². The Hall–Kier alpha value is 0.740. The summed E-state index contributed by atoms with van der Waals surface area (Å²) in [5.41, 5.74) is 0. The molecule has 0 radical (unpaired) electrons. The Morgan fingerprint density at radius 2 is 1.00 bits per heavy atom. The predicted molar refractivity (Wildman–Crippen MR) is 43.1 cm³/mol. The molecule has 0 bridgehead atoms. The van der Waals surface area contributed by atoms with E-state index in [-0.39, 0.29) is 0 Å². The fourth-order valence-corrected chi connectivity index (χ4v) is 0. The lowest BCUT2D eigenvalue weighted by molar-refractivity contribution is -0.115. The molecule has 0 aliphatic carbocycles. The highest BCUT2D eigenvalue weighted by atomic mass is 35.5. The highest BCUT2D eigenvalue weighted by Crippen LogP contribution is 2.29. The number of rotatable bonds is 1. The molecule has 14 heavy (non-hydrogen) atoms. The van der Waals surface area contributed by atoms with Crippen LogP contribution in [-0.2, 0) is 0 Å². The van der Waals surface area contributed by atoms with Gasteiger partial charge in [-0.2, -0.15) is 13.2 Å². The highest BCUT2D eigenvalue weighted by molar-refractivity contribution is 6.47. The summed E-state index contributed by atoms with van der Waals surface area (Å²) in [5, 5.41) is 0. The third-order valence-electron chi connectivity index (χ3n) is 0.495. The molecule has 0 heterocycles. The van der Waals surface area contributed by atoms with E-state index in [4.69, 9.17) is 0 Å². The second kappa shape index (κ2) is 6.35. The fourth-order valence-electron chi connectivity index (χ4n) is 0. The molecule has 0 amide bonds. The standard InChI is InChI=1S/2C2HCl2F3/c3-2(4,7)1(5)6;3-1(4)2(5,6)7/h2*1H. The minimum Gasteiger partial charge on any atom is -0.204 e. The van der Waals surface area contributed by atoms with Gasteiger partial charge >= 0.3 is 10.8 Å². The molecule has 0 aliphatic rings. The number of halogens is 10. The molecular formula is C4H2Cl4F6. The lowest BCUT2D eigenvalue weighted by Gasteiger charge is -2.04. The van der Waals surface area contributed by atoms with Crippen molar-refractivity contribution in [1.29, 1.82) is 0 Å². The van der Waals surface area contributed by atoms with Gasteiger partial charge in [0.1, 0.15) is 0 Å². The molecule has 10 heteroatoms. The van der Waals surface area contributed by atoms with Gasteiger partial charge in [0.05, 0.1) is 0 Å².